The van der Waals surface area contributed by atoms with Crippen LogP contribution in [0.1, 0.15) is 5.56 Å². The van der Waals surface area contributed by atoms with Crippen LogP contribution in [0.4, 0.5) is 5.69 Å². The predicted molar refractivity (Wildman–Crippen MR) is 60.6 cm³/mol. The zero-order valence-electron chi connectivity index (χ0n) is 8.32. The van der Waals surface area contributed by atoms with Crippen molar-refractivity contribution in [3.63, 3.8) is 0 Å². The van der Waals surface area contributed by atoms with Crippen LogP contribution in [0, 0.1) is 0 Å². The molecule has 0 saturated heterocycles. The van der Waals surface area contributed by atoms with Crippen LogP contribution in [-0.4, -0.2) is 19.6 Å². The molecule has 74 valence electrons. The van der Waals surface area contributed by atoms with Crippen LogP contribution >= 0.6 is 0 Å². The van der Waals surface area contributed by atoms with E-state index in [1.807, 2.05) is 6.08 Å². The average Bonchev–Trinajstić information content (AvgIpc) is 2.63. The van der Waals surface area contributed by atoms with E-state index in [4.69, 9.17) is 5.73 Å². The van der Waals surface area contributed by atoms with Crippen LogP contribution in [0.2, 0.25) is 0 Å². The lowest BCUT2D eigenvalue weighted by Crippen LogP contribution is -2.20. The summed E-state index contributed by atoms with van der Waals surface area (Å²) in [5.41, 5.74) is 8.25. The van der Waals surface area contributed by atoms with E-state index in [0.29, 0.717) is 6.54 Å². The zero-order valence-corrected chi connectivity index (χ0v) is 8.32. The first kappa shape index (κ1) is 9.28. The molecule has 0 bridgehead atoms. The van der Waals surface area contributed by atoms with Gasteiger partial charge in [0.1, 0.15) is 0 Å². The first-order valence-corrected chi connectivity index (χ1v) is 5.10. The highest BCUT2D eigenvalue weighted by atomic mass is 15.1. The number of hydrogen-bond donors (Lipinski definition) is 1. The minimum absolute atomic E-state index is 0.634. The van der Waals surface area contributed by atoms with E-state index < -0.39 is 0 Å². The smallest absolute Gasteiger partial charge is 0.0402 e. The number of rotatable bonds is 3. The van der Waals surface area contributed by atoms with Gasteiger partial charge in [0, 0.05) is 25.3 Å². The maximum absolute atomic E-state index is 5.40. The Morgan fingerprint density at radius 1 is 1.29 bits per heavy atom. The molecule has 0 aliphatic carbocycles. The van der Waals surface area contributed by atoms with Gasteiger partial charge in [-0.1, -0.05) is 30.4 Å². The van der Waals surface area contributed by atoms with E-state index in [2.05, 4.69) is 35.2 Å². The standard InChI is InChI=1S/C12H16N2/c13-8-3-4-9-14-10-7-11-5-1-2-6-12(11)14/h1-6H,7-10,13H2/b4-3+. The predicted octanol–water partition coefficient (Wildman–Crippen LogP) is 1.56. The maximum Gasteiger partial charge on any atom is 0.0402 e. The molecule has 1 aliphatic heterocycles. The van der Waals surface area contributed by atoms with Crippen molar-refractivity contribution < 1.29 is 0 Å². The number of fused-ring (bicyclic) bond motifs is 1. The van der Waals surface area contributed by atoms with Crippen molar-refractivity contribution in [1.29, 1.82) is 0 Å². The average molecular weight is 188 g/mol. The van der Waals surface area contributed by atoms with Crippen molar-refractivity contribution in [1.82, 2.24) is 0 Å². The molecule has 1 heterocycles. The van der Waals surface area contributed by atoms with Crippen LogP contribution in [0.3, 0.4) is 0 Å². The summed E-state index contributed by atoms with van der Waals surface area (Å²) in [5.74, 6) is 0. The molecule has 0 aromatic heterocycles. The monoisotopic (exact) mass is 188 g/mol. The molecule has 1 aromatic carbocycles. The third-order valence-electron chi connectivity index (χ3n) is 2.61. The fraction of sp³-hybridized carbons (Fsp3) is 0.333. The molecule has 0 spiro atoms. The van der Waals surface area contributed by atoms with Crippen molar-refractivity contribution in [3.8, 4) is 0 Å². The molecule has 1 aromatic rings. The van der Waals surface area contributed by atoms with Gasteiger partial charge in [0.05, 0.1) is 0 Å². The summed E-state index contributed by atoms with van der Waals surface area (Å²) in [6.45, 7) is 2.75. The molecule has 2 nitrogen and oxygen atoms in total. The fourth-order valence-electron chi connectivity index (χ4n) is 1.89. The van der Waals surface area contributed by atoms with Crippen molar-refractivity contribution in [2.24, 2.45) is 5.73 Å². The van der Waals surface area contributed by atoms with Crippen LogP contribution in [0.25, 0.3) is 0 Å². The van der Waals surface area contributed by atoms with Gasteiger partial charge in [0.25, 0.3) is 0 Å². The molecule has 0 saturated carbocycles. The lowest BCUT2D eigenvalue weighted by atomic mass is 10.2. The normalized spacial score (nSPS) is 15.1. The lowest BCUT2D eigenvalue weighted by molar-refractivity contribution is 0.902. The van der Waals surface area contributed by atoms with Gasteiger partial charge >= 0.3 is 0 Å². The SMILES string of the molecule is NC/C=C/CN1CCc2ccccc21. The van der Waals surface area contributed by atoms with E-state index >= 15 is 0 Å². The molecular formula is C12H16N2. The molecule has 2 rings (SSSR count). The summed E-state index contributed by atoms with van der Waals surface area (Å²) >= 11 is 0. The zero-order chi connectivity index (χ0) is 9.80. The van der Waals surface area contributed by atoms with E-state index in [9.17, 15) is 0 Å². The van der Waals surface area contributed by atoms with Gasteiger partial charge in [-0.2, -0.15) is 0 Å². The molecule has 1 aliphatic rings. The minimum atomic E-state index is 0.634. The first-order valence-electron chi connectivity index (χ1n) is 5.10. The molecule has 2 N–H and O–H groups in total. The summed E-state index contributed by atoms with van der Waals surface area (Å²) in [5, 5.41) is 0. The molecule has 0 unspecified atom stereocenters. The van der Waals surface area contributed by atoms with Gasteiger partial charge in [-0.25, -0.2) is 0 Å². The number of benzene rings is 1. The summed E-state index contributed by atoms with van der Waals surface area (Å²) in [6, 6.07) is 8.61. The molecule has 0 amide bonds. The Balaban J connectivity index is 2.07. The number of anilines is 1. The minimum Gasteiger partial charge on any atom is -0.367 e. The Labute approximate surface area is 85.0 Å². The first-order chi connectivity index (χ1) is 6.92. The van der Waals surface area contributed by atoms with E-state index in [1.54, 1.807) is 0 Å². The molecule has 14 heavy (non-hydrogen) atoms. The Morgan fingerprint density at radius 2 is 2.14 bits per heavy atom. The number of nitrogens with zero attached hydrogens (tertiary/aromatic N) is 1. The summed E-state index contributed by atoms with van der Waals surface area (Å²) in [6.07, 6.45) is 5.33. The van der Waals surface area contributed by atoms with Crippen molar-refractivity contribution in [3.05, 3.63) is 42.0 Å². The highest BCUT2D eigenvalue weighted by Crippen LogP contribution is 2.26. The summed E-state index contributed by atoms with van der Waals surface area (Å²) < 4.78 is 0. The Hall–Kier alpha value is -1.28. The molecule has 2 heteroatoms. The highest BCUT2D eigenvalue weighted by Gasteiger charge is 2.16. The Bertz CT molecular complexity index is 331. The summed E-state index contributed by atoms with van der Waals surface area (Å²) in [7, 11) is 0. The summed E-state index contributed by atoms with van der Waals surface area (Å²) in [4.78, 5) is 2.39. The highest BCUT2D eigenvalue weighted by molar-refractivity contribution is 5.58. The molecule has 0 atom stereocenters. The fourth-order valence-corrected chi connectivity index (χ4v) is 1.89. The topological polar surface area (TPSA) is 29.3 Å². The second-order valence-corrected chi connectivity index (χ2v) is 3.53. The van der Waals surface area contributed by atoms with Gasteiger partial charge in [0.2, 0.25) is 0 Å². The van der Waals surface area contributed by atoms with Crippen molar-refractivity contribution in [2.45, 2.75) is 6.42 Å². The van der Waals surface area contributed by atoms with Crippen LogP contribution in [0.15, 0.2) is 36.4 Å². The third-order valence-corrected chi connectivity index (χ3v) is 2.61. The Morgan fingerprint density at radius 3 is 3.00 bits per heavy atom. The largest absolute Gasteiger partial charge is 0.367 e. The van der Waals surface area contributed by atoms with Crippen LogP contribution in [0.5, 0.6) is 0 Å². The third kappa shape index (κ3) is 1.80. The second kappa shape index (κ2) is 4.29. The lowest BCUT2D eigenvalue weighted by Gasteiger charge is -2.16. The van der Waals surface area contributed by atoms with Gasteiger partial charge in [-0.3, -0.25) is 0 Å². The van der Waals surface area contributed by atoms with E-state index in [0.717, 1.165) is 13.1 Å². The van der Waals surface area contributed by atoms with Crippen molar-refractivity contribution in [2.75, 3.05) is 24.5 Å². The maximum atomic E-state index is 5.40. The Kier molecular flexibility index (Phi) is 2.84. The van der Waals surface area contributed by atoms with Gasteiger partial charge in [0.15, 0.2) is 0 Å². The van der Waals surface area contributed by atoms with Crippen LogP contribution < -0.4 is 10.6 Å². The van der Waals surface area contributed by atoms with Crippen LogP contribution in [-0.2, 0) is 6.42 Å². The number of hydrogen-bond acceptors (Lipinski definition) is 2. The molecule has 0 radical (unpaired) electrons. The molecular weight excluding hydrogens is 172 g/mol. The van der Waals surface area contributed by atoms with Gasteiger partial charge in [-0.15, -0.1) is 0 Å². The van der Waals surface area contributed by atoms with E-state index in [-0.39, 0.29) is 0 Å². The second-order valence-electron chi connectivity index (χ2n) is 3.53. The van der Waals surface area contributed by atoms with Gasteiger partial charge in [-0.05, 0) is 18.1 Å². The van der Waals surface area contributed by atoms with Crippen molar-refractivity contribution >= 4 is 5.69 Å². The molecule has 0 fully saturated rings. The van der Waals surface area contributed by atoms with Gasteiger partial charge < -0.3 is 10.6 Å². The quantitative estimate of drug-likeness (QED) is 0.729. The van der Waals surface area contributed by atoms with E-state index in [1.165, 1.54) is 17.7 Å². The number of para-hydroxylation sites is 1. The number of nitrogens with two attached hydrogens (primary N) is 1.